The van der Waals surface area contributed by atoms with Crippen LogP contribution in [0.5, 0.6) is 0 Å². The number of benzene rings is 1. The van der Waals surface area contributed by atoms with Crippen molar-refractivity contribution in [3.8, 4) is 11.3 Å². The highest BCUT2D eigenvalue weighted by Gasteiger charge is 2.08. The first-order chi connectivity index (χ1) is 12.2. The summed E-state index contributed by atoms with van der Waals surface area (Å²) in [5.41, 5.74) is 4.90. The van der Waals surface area contributed by atoms with Gasteiger partial charge in [-0.15, -0.1) is 11.3 Å². The Morgan fingerprint density at radius 2 is 2.04 bits per heavy atom. The van der Waals surface area contributed by atoms with Crippen molar-refractivity contribution in [1.29, 1.82) is 0 Å². The molecule has 126 valence electrons. The minimum Gasteiger partial charge on any atom is -0.342 e. The van der Waals surface area contributed by atoms with Crippen LogP contribution < -0.4 is 10.7 Å². The molecule has 0 aliphatic heterocycles. The molecule has 0 saturated heterocycles. The van der Waals surface area contributed by atoms with Gasteiger partial charge in [-0.25, -0.2) is 5.43 Å². The molecule has 0 atom stereocenters. The fourth-order valence-corrected chi connectivity index (χ4v) is 2.74. The average molecular weight is 353 g/mol. The number of thiophene rings is 1. The van der Waals surface area contributed by atoms with Gasteiger partial charge in [-0.3, -0.25) is 14.7 Å². The minimum atomic E-state index is -0.411. The molecule has 2 amide bonds. The SMILES string of the molecule is O=C(CNC(=O)c1cccs1)N/N=C/c1cn[nH]c1-c1ccccc1. The van der Waals surface area contributed by atoms with Crippen LogP contribution in [0.4, 0.5) is 0 Å². The fraction of sp³-hybridized carbons (Fsp3) is 0.0588. The van der Waals surface area contributed by atoms with E-state index in [1.165, 1.54) is 17.6 Å². The molecule has 3 aromatic rings. The van der Waals surface area contributed by atoms with E-state index in [2.05, 4.69) is 26.0 Å². The van der Waals surface area contributed by atoms with E-state index in [-0.39, 0.29) is 12.5 Å². The van der Waals surface area contributed by atoms with Crippen molar-refractivity contribution in [1.82, 2.24) is 20.9 Å². The Hall–Kier alpha value is -3.26. The molecule has 0 bridgehead atoms. The lowest BCUT2D eigenvalue weighted by molar-refractivity contribution is -0.120. The fourth-order valence-electron chi connectivity index (χ4n) is 2.10. The number of H-pyrrole nitrogens is 1. The second-order valence-electron chi connectivity index (χ2n) is 5.02. The Labute approximate surface area is 147 Å². The summed E-state index contributed by atoms with van der Waals surface area (Å²) in [5, 5.41) is 15.1. The summed E-state index contributed by atoms with van der Waals surface area (Å²) in [7, 11) is 0. The van der Waals surface area contributed by atoms with Gasteiger partial charge in [0, 0.05) is 11.1 Å². The van der Waals surface area contributed by atoms with Crippen molar-refractivity contribution in [2.45, 2.75) is 0 Å². The number of hydrogen-bond donors (Lipinski definition) is 3. The topological polar surface area (TPSA) is 99.2 Å². The van der Waals surface area contributed by atoms with Crippen LogP contribution in [-0.2, 0) is 4.79 Å². The van der Waals surface area contributed by atoms with Crippen molar-refractivity contribution in [3.05, 3.63) is 64.5 Å². The highest BCUT2D eigenvalue weighted by Crippen LogP contribution is 2.18. The van der Waals surface area contributed by atoms with E-state index >= 15 is 0 Å². The Morgan fingerprint density at radius 3 is 2.80 bits per heavy atom. The third-order valence-corrected chi connectivity index (χ3v) is 4.15. The summed E-state index contributed by atoms with van der Waals surface area (Å²) < 4.78 is 0. The normalized spacial score (nSPS) is 10.7. The molecular formula is C17H15N5O2S. The number of rotatable bonds is 6. The summed E-state index contributed by atoms with van der Waals surface area (Å²) >= 11 is 1.31. The maximum atomic E-state index is 11.7. The van der Waals surface area contributed by atoms with Gasteiger partial charge in [-0.05, 0) is 11.4 Å². The van der Waals surface area contributed by atoms with Crippen molar-refractivity contribution in [3.63, 3.8) is 0 Å². The van der Waals surface area contributed by atoms with Crippen molar-refractivity contribution >= 4 is 29.4 Å². The number of nitrogens with one attached hydrogen (secondary N) is 3. The Balaban J connectivity index is 1.53. The summed E-state index contributed by atoms with van der Waals surface area (Å²) in [6, 6.07) is 13.1. The highest BCUT2D eigenvalue weighted by atomic mass is 32.1. The van der Waals surface area contributed by atoms with Gasteiger partial charge < -0.3 is 5.32 Å². The van der Waals surface area contributed by atoms with Crippen LogP contribution in [0.1, 0.15) is 15.2 Å². The average Bonchev–Trinajstić information content (AvgIpc) is 3.32. The lowest BCUT2D eigenvalue weighted by Crippen LogP contribution is -2.34. The molecular weight excluding hydrogens is 338 g/mol. The first-order valence-corrected chi connectivity index (χ1v) is 8.34. The van der Waals surface area contributed by atoms with Gasteiger partial charge in [0.25, 0.3) is 11.8 Å². The standard InChI is InChI=1S/C17H15N5O2S/c23-15(11-18-17(24)14-7-4-8-25-14)21-19-9-13-10-20-22-16(13)12-5-2-1-3-6-12/h1-10H,11H2,(H,18,24)(H,20,22)(H,21,23)/b19-9+. The smallest absolute Gasteiger partial charge is 0.261 e. The first kappa shape index (κ1) is 16.6. The van der Waals surface area contributed by atoms with Gasteiger partial charge in [0.1, 0.15) is 0 Å². The van der Waals surface area contributed by atoms with Crippen LogP contribution in [0.25, 0.3) is 11.3 Å². The third kappa shape index (κ3) is 4.39. The minimum absolute atomic E-state index is 0.148. The molecule has 3 rings (SSSR count). The molecule has 0 saturated carbocycles. The van der Waals surface area contributed by atoms with Crippen molar-refractivity contribution in [2.75, 3.05) is 6.54 Å². The van der Waals surface area contributed by atoms with Gasteiger partial charge in [-0.2, -0.15) is 10.2 Å². The quantitative estimate of drug-likeness (QED) is 0.467. The molecule has 7 nitrogen and oxygen atoms in total. The van der Waals surface area contributed by atoms with Gasteiger partial charge in [-0.1, -0.05) is 36.4 Å². The van der Waals surface area contributed by atoms with E-state index in [4.69, 9.17) is 0 Å². The maximum Gasteiger partial charge on any atom is 0.261 e. The van der Waals surface area contributed by atoms with Crippen molar-refractivity contribution in [2.24, 2.45) is 5.10 Å². The zero-order valence-electron chi connectivity index (χ0n) is 13.1. The molecule has 2 heterocycles. The predicted molar refractivity (Wildman–Crippen MR) is 96.4 cm³/mol. The van der Waals surface area contributed by atoms with Gasteiger partial charge >= 0.3 is 0 Å². The van der Waals surface area contributed by atoms with Crippen LogP contribution in [0.2, 0.25) is 0 Å². The molecule has 0 radical (unpaired) electrons. The number of carbonyl (C=O) groups excluding carboxylic acids is 2. The van der Waals surface area contributed by atoms with Crippen LogP contribution >= 0.6 is 11.3 Å². The number of amides is 2. The number of nitrogens with zero attached hydrogens (tertiary/aromatic N) is 2. The second kappa shape index (κ2) is 8.02. The maximum absolute atomic E-state index is 11.7. The molecule has 2 aromatic heterocycles. The third-order valence-electron chi connectivity index (χ3n) is 3.28. The zero-order valence-corrected chi connectivity index (χ0v) is 13.9. The Morgan fingerprint density at radius 1 is 1.20 bits per heavy atom. The van der Waals surface area contributed by atoms with Crippen molar-refractivity contribution < 1.29 is 9.59 Å². The van der Waals surface area contributed by atoms with E-state index in [1.54, 1.807) is 23.7 Å². The van der Waals surface area contributed by atoms with Gasteiger partial charge in [0.15, 0.2) is 0 Å². The highest BCUT2D eigenvalue weighted by molar-refractivity contribution is 7.12. The van der Waals surface area contributed by atoms with Crippen LogP contribution in [0.3, 0.4) is 0 Å². The molecule has 25 heavy (non-hydrogen) atoms. The zero-order chi connectivity index (χ0) is 17.5. The molecule has 0 unspecified atom stereocenters. The summed E-state index contributed by atoms with van der Waals surface area (Å²) in [6.07, 6.45) is 3.13. The van der Waals surface area contributed by atoms with Gasteiger partial charge in [0.2, 0.25) is 0 Å². The lowest BCUT2D eigenvalue weighted by Gasteiger charge is -2.02. The molecule has 3 N–H and O–H groups in total. The van der Waals surface area contributed by atoms with Gasteiger partial charge in [0.05, 0.1) is 29.5 Å². The Kier molecular flexibility index (Phi) is 5.32. The number of aromatic amines is 1. The lowest BCUT2D eigenvalue weighted by atomic mass is 10.1. The van der Waals surface area contributed by atoms with E-state index in [1.807, 2.05) is 30.3 Å². The Bertz CT molecular complexity index is 872. The summed E-state index contributed by atoms with van der Waals surface area (Å²) in [6.45, 7) is -0.148. The monoisotopic (exact) mass is 353 g/mol. The van der Waals surface area contributed by atoms with E-state index < -0.39 is 5.91 Å². The molecule has 8 heteroatoms. The molecule has 1 aromatic carbocycles. The largest absolute Gasteiger partial charge is 0.342 e. The number of carbonyl (C=O) groups is 2. The molecule has 0 aliphatic rings. The molecule has 0 aliphatic carbocycles. The molecule has 0 spiro atoms. The number of hydrazone groups is 1. The van der Waals surface area contributed by atoms with E-state index in [9.17, 15) is 9.59 Å². The van der Waals surface area contributed by atoms with Crippen LogP contribution in [0, 0.1) is 0 Å². The number of hydrogen-bond acceptors (Lipinski definition) is 5. The first-order valence-electron chi connectivity index (χ1n) is 7.46. The van der Waals surface area contributed by atoms with E-state index in [0.717, 1.165) is 16.8 Å². The second-order valence-corrected chi connectivity index (χ2v) is 5.97. The van der Waals surface area contributed by atoms with Crippen LogP contribution in [-0.4, -0.2) is 34.8 Å². The summed E-state index contributed by atoms with van der Waals surface area (Å²) in [4.78, 5) is 24.0. The molecule has 0 fully saturated rings. The summed E-state index contributed by atoms with van der Waals surface area (Å²) in [5.74, 6) is -0.693. The predicted octanol–water partition coefficient (Wildman–Crippen LogP) is 2.02. The van der Waals surface area contributed by atoms with Crippen LogP contribution in [0.15, 0.2) is 59.1 Å². The van der Waals surface area contributed by atoms with E-state index in [0.29, 0.717) is 4.88 Å². The number of aromatic nitrogens is 2.